The second-order valence-corrected chi connectivity index (χ2v) is 7.01. The number of halogens is 1. The number of carbonyl (C=O) groups is 3. The van der Waals surface area contributed by atoms with Crippen LogP contribution in [0.5, 0.6) is 11.5 Å². The maximum Gasteiger partial charge on any atom is 0.335 e. The third kappa shape index (κ3) is 4.62. The van der Waals surface area contributed by atoms with Gasteiger partial charge in [0.1, 0.15) is 5.57 Å². The van der Waals surface area contributed by atoms with E-state index in [4.69, 9.17) is 21.1 Å². The Morgan fingerprint density at radius 3 is 2.61 bits per heavy atom. The Morgan fingerprint density at radius 1 is 1.19 bits per heavy atom. The lowest BCUT2D eigenvalue weighted by molar-refractivity contribution is -0.122. The summed E-state index contributed by atoms with van der Waals surface area (Å²) >= 11 is 5.99. The average molecular weight is 441 g/mol. The highest BCUT2D eigenvalue weighted by Crippen LogP contribution is 2.34. The van der Waals surface area contributed by atoms with Gasteiger partial charge in [-0.05, 0) is 55.3 Å². The Kier molecular flexibility index (Phi) is 6.77. The zero-order valence-electron chi connectivity index (χ0n) is 17.1. The van der Waals surface area contributed by atoms with Gasteiger partial charge in [0.25, 0.3) is 11.8 Å². The van der Waals surface area contributed by atoms with Crippen molar-refractivity contribution in [1.82, 2.24) is 5.32 Å². The van der Waals surface area contributed by atoms with E-state index in [2.05, 4.69) is 11.9 Å². The number of benzene rings is 2. The maximum atomic E-state index is 13.1. The van der Waals surface area contributed by atoms with E-state index in [1.54, 1.807) is 36.4 Å². The van der Waals surface area contributed by atoms with Gasteiger partial charge in [0.2, 0.25) is 0 Å². The highest BCUT2D eigenvalue weighted by molar-refractivity contribution is 6.39. The predicted octanol–water partition coefficient (Wildman–Crippen LogP) is 4.14. The van der Waals surface area contributed by atoms with Crippen LogP contribution < -0.4 is 19.7 Å². The molecular formula is C23H21ClN2O5. The summed E-state index contributed by atoms with van der Waals surface area (Å²) in [5.41, 5.74) is 1.38. The summed E-state index contributed by atoms with van der Waals surface area (Å²) in [7, 11) is 1.54. The minimum absolute atomic E-state index is 0.197. The molecule has 7 nitrogen and oxygen atoms in total. The molecule has 160 valence electrons. The van der Waals surface area contributed by atoms with Crippen molar-refractivity contribution in [3.63, 3.8) is 0 Å². The van der Waals surface area contributed by atoms with Crippen molar-refractivity contribution in [3.8, 4) is 11.5 Å². The molecule has 0 spiro atoms. The summed E-state index contributed by atoms with van der Waals surface area (Å²) in [6.45, 7) is 5.99. The number of hydrogen-bond acceptors (Lipinski definition) is 5. The van der Waals surface area contributed by atoms with Crippen molar-refractivity contribution >= 4 is 41.2 Å². The first kappa shape index (κ1) is 22.1. The summed E-state index contributed by atoms with van der Waals surface area (Å²) in [5, 5.41) is 2.55. The number of nitrogens with one attached hydrogen (secondary N) is 1. The molecule has 1 aliphatic heterocycles. The van der Waals surface area contributed by atoms with E-state index < -0.39 is 17.8 Å². The quantitative estimate of drug-likeness (QED) is 0.397. The number of amides is 4. The van der Waals surface area contributed by atoms with Gasteiger partial charge in [-0.1, -0.05) is 23.7 Å². The summed E-state index contributed by atoms with van der Waals surface area (Å²) < 4.78 is 11.1. The van der Waals surface area contributed by atoms with Gasteiger partial charge in [-0.25, -0.2) is 9.69 Å². The second-order valence-electron chi connectivity index (χ2n) is 6.57. The topological polar surface area (TPSA) is 84.9 Å². The third-order valence-electron chi connectivity index (χ3n) is 4.50. The van der Waals surface area contributed by atoms with Crippen molar-refractivity contribution in [2.45, 2.75) is 13.3 Å². The van der Waals surface area contributed by atoms with Gasteiger partial charge in [-0.2, -0.15) is 0 Å². The van der Waals surface area contributed by atoms with Crippen LogP contribution in [0.2, 0.25) is 5.02 Å². The Balaban J connectivity index is 2.08. The molecule has 0 unspecified atom stereocenters. The minimum atomic E-state index is -0.841. The van der Waals surface area contributed by atoms with Crippen LogP contribution in [0.3, 0.4) is 0 Å². The SMILES string of the molecule is C=CCc1cc(/C=C2\C(=O)NC(=O)N(c3cccc(Cl)c3)C2=O)cc(OCC)c1OC. The standard InChI is InChI=1S/C23H21ClN2O5/c1-4-7-15-10-14(12-19(31-5-2)20(15)30-3)11-18-21(27)25-23(29)26(22(18)28)17-9-6-8-16(24)13-17/h4,6,8-13H,1,5,7H2,2-3H3,(H,25,27,29)/b18-11+. The van der Waals surface area contributed by atoms with Crippen molar-refractivity contribution in [2.75, 3.05) is 18.6 Å². The van der Waals surface area contributed by atoms with Gasteiger partial charge in [-0.3, -0.25) is 14.9 Å². The van der Waals surface area contributed by atoms with Gasteiger partial charge in [0.05, 0.1) is 19.4 Å². The highest BCUT2D eigenvalue weighted by atomic mass is 35.5. The Hall–Kier alpha value is -3.58. The summed E-state index contributed by atoms with van der Waals surface area (Å²) in [6, 6.07) is 8.85. The van der Waals surface area contributed by atoms with Crippen LogP contribution in [0.4, 0.5) is 10.5 Å². The van der Waals surface area contributed by atoms with Crippen LogP contribution in [0.25, 0.3) is 6.08 Å². The molecule has 2 aromatic rings. The molecule has 1 N–H and O–H groups in total. The fourth-order valence-electron chi connectivity index (χ4n) is 3.24. The number of rotatable bonds is 7. The lowest BCUT2D eigenvalue weighted by Crippen LogP contribution is -2.54. The molecule has 1 fully saturated rings. The number of allylic oxidation sites excluding steroid dienone is 1. The van der Waals surface area contributed by atoms with Gasteiger partial charge in [-0.15, -0.1) is 6.58 Å². The molecule has 0 atom stereocenters. The van der Waals surface area contributed by atoms with E-state index in [1.807, 2.05) is 6.92 Å². The smallest absolute Gasteiger partial charge is 0.335 e. The molecule has 8 heteroatoms. The normalized spacial score (nSPS) is 15.1. The summed E-state index contributed by atoms with van der Waals surface area (Å²) in [5.74, 6) is -0.510. The number of nitrogens with zero attached hydrogens (tertiary/aromatic N) is 1. The van der Waals surface area contributed by atoms with E-state index in [1.165, 1.54) is 19.3 Å². The minimum Gasteiger partial charge on any atom is -0.493 e. The second kappa shape index (κ2) is 9.49. The number of carbonyl (C=O) groups excluding carboxylic acids is 3. The molecule has 31 heavy (non-hydrogen) atoms. The highest BCUT2D eigenvalue weighted by Gasteiger charge is 2.37. The lowest BCUT2D eigenvalue weighted by Gasteiger charge is -2.26. The van der Waals surface area contributed by atoms with Gasteiger partial charge >= 0.3 is 6.03 Å². The molecule has 0 saturated carbocycles. The van der Waals surface area contributed by atoms with Crippen molar-refractivity contribution < 1.29 is 23.9 Å². The first-order valence-corrected chi connectivity index (χ1v) is 9.89. The zero-order valence-corrected chi connectivity index (χ0v) is 17.9. The molecule has 1 saturated heterocycles. The number of anilines is 1. The molecule has 2 aromatic carbocycles. The van der Waals surface area contributed by atoms with Crippen LogP contribution in [0.15, 0.2) is 54.6 Å². The van der Waals surface area contributed by atoms with Gasteiger partial charge < -0.3 is 9.47 Å². The lowest BCUT2D eigenvalue weighted by atomic mass is 10.0. The molecule has 0 aliphatic carbocycles. The van der Waals surface area contributed by atoms with Gasteiger partial charge in [0, 0.05) is 10.6 Å². The van der Waals surface area contributed by atoms with Crippen LogP contribution >= 0.6 is 11.6 Å². The number of hydrogen-bond donors (Lipinski definition) is 1. The molecule has 0 aromatic heterocycles. The molecule has 1 heterocycles. The molecule has 4 amide bonds. The number of urea groups is 1. The van der Waals surface area contributed by atoms with Crippen molar-refractivity contribution in [2.24, 2.45) is 0 Å². The molecule has 1 aliphatic rings. The first-order valence-electron chi connectivity index (χ1n) is 9.51. The summed E-state index contributed by atoms with van der Waals surface area (Å²) in [6.07, 6.45) is 3.62. The fourth-order valence-corrected chi connectivity index (χ4v) is 3.43. The zero-order chi connectivity index (χ0) is 22.5. The van der Waals surface area contributed by atoms with Crippen LogP contribution in [-0.2, 0) is 16.0 Å². The number of ether oxygens (including phenoxy) is 2. The maximum absolute atomic E-state index is 13.1. The predicted molar refractivity (Wildman–Crippen MR) is 119 cm³/mol. The molecule has 0 bridgehead atoms. The van der Waals surface area contributed by atoms with E-state index in [9.17, 15) is 14.4 Å². The van der Waals surface area contributed by atoms with E-state index in [-0.39, 0.29) is 11.3 Å². The average Bonchev–Trinajstić information content (AvgIpc) is 2.71. The molecule has 0 radical (unpaired) electrons. The Labute approximate surface area is 184 Å². The Bertz CT molecular complexity index is 1090. The molecule has 3 rings (SSSR count). The van der Waals surface area contributed by atoms with Crippen LogP contribution in [-0.4, -0.2) is 31.6 Å². The number of methoxy groups -OCH3 is 1. The van der Waals surface area contributed by atoms with Crippen molar-refractivity contribution in [1.29, 1.82) is 0 Å². The van der Waals surface area contributed by atoms with E-state index >= 15 is 0 Å². The Morgan fingerprint density at radius 2 is 1.97 bits per heavy atom. The van der Waals surface area contributed by atoms with E-state index in [0.717, 1.165) is 10.5 Å². The third-order valence-corrected chi connectivity index (χ3v) is 4.74. The van der Waals surface area contributed by atoms with Gasteiger partial charge in [0.15, 0.2) is 11.5 Å². The van der Waals surface area contributed by atoms with Crippen molar-refractivity contribution in [3.05, 3.63) is 70.8 Å². The fraction of sp³-hybridized carbons (Fsp3) is 0.174. The molecular weight excluding hydrogens is 420 g/mol. The summed E-state index contributed by atoms with van der Waals surface area (Å²) in [4.78, 5) is 38.7. The largest absolute Gasteiger partial charge is 0.493 e. The monoisotopic (exact) mass is 440 g/mol. The number of imide groups is 2. The number of barbiturate groups is 1. The first-order chi connectivity index (χ1) is 14.9. The van der Waals surface area contributed by atoms with Crippen LogP contribution in [0, 0.1) is 0 Å². The van der Waals surface area contributed by atoms with E-state index in [0.29, 0.717) is 35.1 Å². The van der Waals surface area contributed by atoms with Crippen LogP contribution in [0.1, 0.15) is 18.1 Å².